The molecule has 20 heavy (non-hydrogen) atoms. The molecule has 104 valence electrons. The second kappa shape index (κ2) is 5.16. The number of halogens is 2. The molecule has 0 atom stereocenters. The first-order valence-electron chi connectivity index (χ1n) is 5.61. The van der Waals surface area contributed by atoms with Crippen LogP contribution in [-0.4, -0.2) is 20.9 Å². The number of benzene rings is 1. The van der Waals surface area contributed by atoms with E-state index in [1.54, 1.807) is 6.92 Å². The summed E-state index contributed by atoms with van der Waals surface area (Å²) in [6, 6.07) is 2.78. The van der Waals surface area contributed by atoms with Gasteiger partial charge in [-0.15, -0.1) is 0 Å². The molecule has 0 amide bonds. The van der Waals surface area contributed by atoms with E-state index in [0.717, 1.165) is 0 Å². The summed E-state index contributed by atoms with van der Waals surface area (Å²) < 4.78 is 14.9. The third-order valence-corrected chi connectivity index (χ3v) is 3.39. The third-order valence-electron chi connectivity index (χ3n) is 2.79. The normalized spacial score (nSPS) is 10.6. The van der Waals surface area contributed by atoms with Crippen molar-refractivity contribution < 1.29 is 14.3 Å². The Bertz CT molecular complexity index is 771. The Balaban J connectivity index is 2.74. The summed E-state index contributed by atoms with van der Waals surface area (Å²) in [5, 5.41) is 12.8. The molecule has 0 bridgehead atoms. The second-order valence-electron chi connectivity index (χ2n) is 4.29. The monoisotopic (exact) mass is 340 g/mol. The lowest BCUT2D eigenvalue weighted by molar-refractivity contribution is 0.0686. The number of hydrogen-bond donors (Lipinski definition) is 1. The van der Waals surface area contributed by atoms with E-state index < -0.39 is 22.9 Å². The first kappa shape index (κ1) is 14.4. The van der Waals surface area contributed by atoms with Crippen molar-refractivity contribution in [3.05, 3.63) is 55.7 Å². The van der Waals surface area contributed by atoms with E-state index in [-0.39, 0.29) is 10.0 Å². The minimum atomic E-state index is -1.40. The fraction of sp³-hybridized carbons (Fsp3) is 0.154. The molecule has 1 N–H and O–H groups in total. The average Bonchev–Trinajstić information content (AvgIpc) is 2.36. The molecule has 0 aliphatic carbocycles. The number of carboxylic acids is 1. The summed E-state index contributed by atoms with van der Waals surface area (Å²) in [6.07, 6.45) is 1.42. The lowest BCUT2D eigenvalue weighted by Gasteiger charge is -2.11. The summed E-state index contributed by atoms with van der Waals surface area (Å²) >= 11 is 3.06. The van der Waals surface area contributed by atoms with Gasteiger partial charge in [0.05, 0.1) is 10.2 Å². The molecule has 5 nitrogen and oxygen atoms in total. The summed E-state index contributed by atoms with van der Waals surface area (Å²) in [5.74, 6) is -1.83. The molecule has 2 aromatic rings. The van der Waals surface area contributed by atoms with Crippen molar-refractivity contribution in [2.45, 2.75) is 13.8 Å². The van der Waals surface area contributed by atoms with Gasteiger partial charge in [-0.05, 0) is 47.5 Å². The highest BCUT2D eigenvalue weighted by molar-refractivity contribution is 9.10. The Morgan fingerprint density at radius 3 is 2.60 bits per heavy atom. The Morgan fingerprint density at radius 2 is 2.00 bits per heavy atom. The lowest BCUT2D eigenvalue weighted by atomic mass is 10.2. The Labute approximate surface area is 121 Å². The Morgan fingerprint density at radius 1 is 1.35 bits per heavy atom. The first-order valence-corrected chi connectivity index (χ1v) is 6.40. The van der Waals surface area contributed by atoms with E-state index in [1.807, 2.05) is 0 Å². The quantitative estimate of drug-likeness (QED) is 0.911. The molecule has 1 aromatic carbocycles. The first-order chi connectivity index (χ1) is 9.31. The van der Waals surface area contributed by atoms with Crippen LogP contribution in [0.25, 0.3) is 5.69 Å². The zero-order valence-electron chi connectivity index (χ0n) is 10.6. The van der Waals surface area contributed by atoms with Crippen molar-refractivity contribution in [2.24, 2.45) is 0 Å². The maximum Gasteiger partial charge on any atom is 0.360 e. The van der Waals surface area contributed by atoms with E-state index >= 15 is 0 Å². The van der Waals surface area contributed by atoms with Crippen LogP contribution in [0.1, 0.15) is 21.6 Å². The predicted molar refractivity (Wildman–Crippen MR) is 73.9 cm³/mol. The van der Waals surface area contributed by atoms with E-state index in [1.165, 1.54) is 29.9 Å². The van der Waals surface area contributed by atoms with Gasteiger partial charge >= 0.3 is 5.97 Å². The van der Waals surface area contributed by atoms with Crippen molar-refractivity contribution in [3.63, 3.8) is 0 Å². The molecular weight excluding hydrogens is 331 g/mol. The van der Waals surface area contributed by atoms with Crippen molar-refractivity contribution in [1.82, 2.24) is 9.78 Å². The van der Waals surface area contributed by atoms with Gasteiger partial charge in [0.2, 0.25) is 11.1 Å². The molecule has 0 aliphatic heterocycles. The van der Waals surface area contributed by atoms with Gasteiger partial charge in [0.15, 0.2) is 0 Å². The van der Waals surface area contributed by atoms with Gasteiger partial charge in [-0.1, -0.05) is 0 Å². The van der Waals surface area contributed by atoms with Gasteiger partial charge in [-0.25, -0.2) is 13.9 Å². The summed E-state index contributed by atoms with van der Waals surface area (Å²) in [5.41, 5.74) is 0.108. The maximum atomic E-state index is 13.4. The van der Waals surface area contributed by atoms with Crippen LogP contribution < -0.4 is 5.43 Å². The second-order valence-corrected chi connectivity index (χ2v) is 5.15. The van der Waals surface area contributed by atoms with Crippen LogP contribution in [0.2, 0.25) is 0 Å². The van der Waals surface area contributed by atoms with Crippen LogP contribution >= 0.6 is 15.9 Å². The minimum Gasteiger partial charge on any atom is -0.476 e. The van der Waals surface area contributed by atoms with Gasteiger partial charge < -0.3 is 5.11 Å². The summed E-state index contributed by atoms with van der Waals surface area (Å²) in [6.45, 7) is 3.17. The van der Waals surface area contributed by atoms with E-state index in [0.29, 0.717) is 11.3 Å². The summed E-state index contributed by atoms with van der Waals surface area (Å²) in [7, 11) is 0. The number of hydrogen-bond acceptors (Lipinski definition) is 3. The molecule has 0 fully saturated rings. The molecule has 0 spiro atoms. The standard InChI is InChI=1S/C13H10BrFN2O3/c1-6-3-9(15)8(14)4-10(6)17-5-7(2)12(18)11(16-17)13(19)20/h3-5H,1-2H3,(H,19,20). The average molecular weight is 341 g/mol. The molecule has 7 heteroatoms. The van der Waals surface area contributed by atoms with E-state index in [4.69, 9.17) is 5.11 Å². The molecule has 0 saturated carbocycles. The number of aryl methyl sites for hydroxylation is 2. The van der Waals surface area contributed by atoms with Gasteiger partial charge in [-0.3, -0.25) is 4.79 Å². The van der Waals surface area contributed by atoms with Gasteiger partial charge in [0, 0.05) is 11.8 Å². The highest BCUT2D eigenvalue weighted by Crippen LogP contribution is 2.22. The SMILES string of the molecule is Cc1cc(F)c(Br)cc1-n1cc(C)c(=O)c(C(=O)O)n1. The van der Waals surface area contributed by atoms with Crippen molar-refractivity contribution in [1.29, 1.82) is 0 Å². The third kappa shape index (κ3) is 2.49. The number of nitrogens with zero attached hydrogens (tertiary/aromatic N) is 2. The van der Waals surface area contributed by atoms with Crippen LogP contribution in [0, 0.1) is 19.7 Å². The predicted octanol–water partition coefficient (Wildman–Crippen LogP) is 2.45. The topological polar surface area (TPSA) is 72.2 Å². The van der Waals surface area contributed by atoms with Gasteiger partial charge in [0.1, 0.15) is 5.82 Å². The highest BCUT2D eigenvalue weighted by Gasteiger charge is 2.15. The zero-order valence-corrected chi connectivity index (χ0v) is 12.2. The van der Waals surface area contributed by atoms with Crippen LogP contribution in [0.15, 0.2) is 27.6 Å². The van der Waals surface area contributed by atoms with Crippen LogP contribution in [0.4, 0.5) is 4.39 Å². The van der Waals surface area contributed by atoms with Crippen molar-refractivity contribution in [2.75, 3.05) is 0 Å². The van der Waals surface area contributed by atoms with Crippen molar-refractivity contribution in [3.8, 4) is 5.69 Å². The number of carbonyl (C=O) groups is 1. The molecule has 1 aromatic heterocycles. The van der Waals surface area contributed by atoms with Crippen LogP contribution in [-0.2, 0) is 0 Å². The fourth-order valence-corrected chi connectivity index (χ4v) is 2.09. The van der Waals surface area contributed by atoms with E-state index in [9.17, 15) is 14.0 Å². The molecule has 2 rings (SSSR count). The fourth-order valence-electron chi connectivity index (χ4n) is 1.76. The molecule has 0 radical (unpaired) electrons. The van der Waals surface area contributed by atoms with Crippen LogP contribution in [0.5, 0.6) is 0 Å². The summed E-state index contributed by atoms with van der Waals surface area (Å²) in [4.78, 5) is 22.7. The molecule has 1 heterocycles. The Kier molecular flexibility index (Phi) is 3.71. The number of carboxylic acid groups (broad SMARTS) is 1. The lowest BCUT2D eigenvalue weighted by Crippen LogP contribution is -2.23. The molecule has 0 unspecified atom stereocenters. The minimum absolute atomic E-state index is 0.230. The number of aromatic carboxylic acids is 1. The zero-order chi connectivity index (χ0) is 15.0. The molecule has 0 saturated heterocycles. The van der Waals surface area contributed by atoms with E-state index in [2.05, 4.69) is 21.0 Å². The Hall–Kier alpha value is -2.02. The molecule has 0 aliphatic rings. The van der Waals surface area contributed by atoms with Crippen molar-refractivity contribution >= 4 is 21.9 Å². The van der Waals surface area contributed by atoms with Crippen LogP contribution in [0.3, 0.4) is 0 Å². The highest BCUT2D eigenvalue weighted by atomic mass is 79.9. The number of rotatable bonds is 2. The molecular formula is C13H10BrFN2O3. The maximum absolute atomic E-state index is 13.4. The number of aromatic nitrogens is 2. The van der Waals surface area contributed by atoms with Gasteiger partial charge in [-0.2, -0.15) is 5.10 Å². The smallest absolute Gasteiger partial charge is 0.360 e. The largest absolute Gasteiger partial charge is 0.476 e. The van der Waals surface area contributed by atoms with Gasteiger partial charge in [0.25, 0.3) is 0 Å².